The van der Waals surface area contributed by atoms with Gasteiger partial charge < -0.3 is 14.3 Å². The quantitative estimate of drug-likeness (QED) is 0.509. The summed E-state index contributed by atoms with van der Waals surface area (Å²) in [5.41, 5.74) is 2.86. The van der Waals surface area contributed by atoms with Gasteiger partial charge in [-0.1, -0.05) is 36.4 Å². The number of aromatic amines is 1. The third-order valence-electron chi connectivity index (χ3n) is 5.96. The zero-order valence-corrected chi connectivity index (χ0v) is 17.1. The molecule has 4 aromatic rings. The SMILES string of the molecule is O=C(CCc1nnc(Cc2c[nH]c3ccccc23)o1)N1CCC(c2ccccc2F)C1. The van der Waals surface area contributed by atoms with Crippen molar-refractivity contribution in [1.82, 2.24) is 20.1 Å². The highest BCUT2D eigenvalue weighted by molar-refractivity contribution is 5.83. The van der Waals surface area contributed by atoms with Gasteiger partial charge in [0.2, 0.25) is 17.7 Å². The summed E-state index contributed by atoms with van der Waals surface area (Å²) in [5, 5.41) is 9.38. The third-order valence-corrected chi connectivity index (χ3v) is 5.96. The maximum absolute atomic E-state index is 14.0. The van der Waals surface area contributed by atoms with Crippen LogP contribution >= 0.6 is 0 Å². The maximum Gasteiger partial charge on any atom is 0.223 e. The summed E-state index contributed by atoms with van der Waals surface area (Å²) < 4.78 is 19.8. The highest BCUT2D eigenvalue weighted by atomic mass is 19.1. The van der Waals surface area contributed by atoms with Gasteiger partial charge in [-0.2, -0.15) is 0 Å². The van der Waals surface area contributed by atoms with Crippen LogP contribution in [0.15, 0.2) is 59.1 Å². The van der Waals surface area contributed by atoms with E-state index in [2.05, 4.69) is 21.2 Å². The fourth-order valence-electron chi connectivity index (χ4n) is 4.32. The monoisotopic (exact) mass is 418 g/mol. The number of likely N-dealkylation sites (tertiary alicyclic amines) is 1. The van der Waals surface area contributed by atoms with Gasteiger partial charge in [-0.3, -0.25) is 4.79 Å². The molecule has 6 nitrogen and oxygen atoms in total. The van der Waals surface area contributed by atoms with Gasteiger partial charge in [0, 0.05) is 48.9 Å². The molecule has 1 unspecified atom stereocenters. The number of benzene rings is 2. The molecule has 0 aliphatic carbocycles. The van der Waals surface area contributed by atoms with Crippen molar-refractivity contribution in [3.8, 4) is 0 Å². The molecule has 2 aromatic carbocycles. The Morgan fingerprint density at radius 3 is 2.84 bits per heavy atom. The van der Waals surface area contributed by atoms with Crippen molar-refractivity contribution in [2.45, 2.75) is 31.6 Å². The Morgan fingerprint density at radius 1 is 1.13 bits per heavy atom. The minimum atomic E-state index is -0.199. The maximum atomic E-state index is 14.0. The lowest BCUT2D eigenvalue weighted by atomic mass is 9.98. The second-order valence-electron chi connectivity index (χ2n) is 7.97. The standard InChI is InChI=1S/C24H23FN4O2/c25-20-7-3-1-5-18(20)16-11-12-29(15-16)24(30)10-9-22-27-28-23(31-22)13-17-14-26-21-8-4-2-6-19(17)21/h1-8,14,16,26H,9-13,15H2. The van der Waals surface area contributed by atoms with E-state index in [1.54, 1.807) is 11.0 Å². The van der Waals surface area contributed by atoms with Gasteiger partial charge in [0.15, 0.2) is 0 Å². The van der Waals surface area contributed by atoms with E-state index >= 15 is 0 Å². The molecule has 0 spiro atoms. The zero-order chi connectivity index (χ0) is 21.2. The van der Waals surface area contributed by atoms with E-state index in [1.807, 2.05) is 36.5 Å². The summed E-state index contributed by atoms with van der Waals surface area (Å²) in [6.07, 6.45) is 3.99. The highest BCUT2D eigenvalue weighted by Crippen LogP contribution is 2.29. The Balaban J connectivity index is 1.16. The summed E-state index contributed by atoms with van der Waals surface area (Å²) >= 11 is 0. The third kappa shape index (κ3) is 4.08. The number of amides is 1. The number of H-pyrrole nitrogens is 1. The predicted octanol–water partition coefficient (Wildman–Crippen LogP) is 4.23. The van der Waals surface area contributed by atoms with E-state index in [9.17, 15) is 9.18 Å². The smallest absolute Gasteiger partial charge is 0.223 e. The Hall–Kier alpha value is -3.48. The van der Waals surface area contributed by atoms with Crippen molar-refractivity contribution in [2.24, 2.45) is 0 Å². The van der Waals surface area contributed by atoms with Gasteiger partial charge in [-0.15, -0.1) is 10.2 Å². The number of fused-ring (bicyclic) bond motifs is 1. The second kappa shape index (κ2) is 8.34. The molecule has 0 radical (unpaired) electrons. The molecule has 1 aliphatic heterocycles. The van der Waals surface area contributed by atoms with E-state index in [0.29, 0.717) is 49.7 Å². The van der Waals surface area contributed by atoms with Crippen LogP contribution in [-0.4, -0.2) is 39.1 Å². The average molecular weight is 418 g/mol. The van der Waals surface area contributed by atoms with Crippen molar-refractivity contribution in [3.05, 3.63) is 83.5 Å². The lowest BCUT2D eigenvalue weighted by Crippen LogP contribution is -2.28. The summed E-state index contributed by atoms with van der Waals surface area (Å²) in [4.78, 5) is 17.7. The second-order valence-corrected chi connectivity index (χ2v) is 7.97. The van der Waals surface area contributed by atoms with Gasteiger partial charge in [-0.05, 0) is 29.7 Å². The fraction of sp³-hybridized carbons (Fsp3) is 0.292. The first-order valence-corrected chi connectivity index (χ1v) is 10.6. The summed E-state index contributed by atoms with van der Waals surface area (Å²) in [5.74, 6) is 0.892. The van der Waals surface area contributed by atoms with Crippen LogP contribution in [0.4, 0.5) is 4.39 Å². The number of para-hydroxylation sites is 1. The summed E-state index contributed by atoms with van der Waals surface area (Å²) in [6, 6.07) is 14.9. The molecule has 31 heavy (non-hydrogen) atoms. The van der Waals surface area contributed by atoms with Gasteiger partial charge in [-0.25, -0.2) is 4.39 Å². The molecule has 1 amide bonds. The van der Waals surface area contributed by atoms with Gasteiger partial charge >= 0.3 is 0 Å². The molecule has 0 saturated carbocycles. The number of nitrogens with one attached hydrogen (secondary N) is 1. The van der Waals surface area contributed by atoms with Crippen LogP contribution in [0, 0.1) is 5.82 Å². The Morgan fingerprint density at radius 2 is 1.94 bits per heavy atom. The molecule has 158 valence electrons. The lowest BCUT2D eigenvalue weighted by Gasteiger charge is -2.16. The summed E-state index contributed by atoms with van der Waals surface area (Å²) in [7, 11) is 0. The van der Waals surface area contributed by atoms with E-state index < -0.39 is 0 Å². The first kappa shape index (κ1) is 19.5. The molecule has 1 atom stereocenters. The van der Waals surface area contributed by atoms with Crippen LogP contribution in [0.3, 0.4) is 0 Å². The predicted molar refractivity (Wildman–Crippen MR) is 114 cm³/mol. The molecular weight excluding hydrogens is 395 g/mol. The van der Waals surface area contributed by atoms with Crippen molar-refractivity contribution in [3.63, 3.8) is 0 Å². The summed E-state index contributed by atoms with van der Waals surface area (Å²) in [6.45, 7) is 1.20. The molecule has 1 saturated heterocycles. The number of aryl methyl sites for hydroxylation is 1. The Labute approximate surface area is 179 Å². The minimum Gasteiger partial charge on any atom is -0.425 e. The number of nitrogens with zero attached hydrogens (tertiary/aromatic N) is 3. The van der Waals surface area contributed by atoms with Crippen molar-refractivity contribution in [2.75, 3.05) is 13.1 Å². The Kier molecular flexibility index (Phi) is 5.24. The number of aromatic nitrogens is 3. The largest absolute Gasteiger partial charge is 0.425 e. The molecule has 1 aliphatic rings. The van der Waals surface area contributed by atoms with Crippen molar-refractivity contribution < 1.29 is 13.6 Å². The number of halogens is 1. The molecule has 2 aromatic heterocycles. The lowest BCUT2D eigenvalue weighted by molar-refractivity contribution is -0.130. The molecule has 5 rings (SSSR count). The van der Waals surface area contributed by atoms with E-state index in [-0.39, 0.29) is 17.6 Å². The van der Waals surface area contributed by atoms with Crippen LogP contribution in [0.5, 0.6) is 0 Å². The van der Waals surface area contributed by atoms with E-state index in [0.717, 1.165) is 22.9 Å². The van der Waals surface area contributed by atoms with Crippen LogP contribution in [0.25, 0.3) is 10.9 Å². The molecule has 3 heterocycles. The van der Waals surface area contributed by atoms with Crippen LogP contribution < -0.4 is 0 Å². The molecular formula is C24H23FN4O2. The Bertz CT molecular complexity index is 1220. The fourth-order valence-corrected chi connectivity index (χ4v) is 4.32. The van der Waals surface area contributed by atoms with Gasteiger partial charge in [0.1, 0.15) is 5.82 Å². The van der Waals surface area contributed by atoms with Crippen molar-refractivity contribution in [1.29, 1.82) is 0 Å². The molecule has 1 fully saturated rings. The highest BCUT2D eigenvalue weighted by Gasteiger charge is 2.28. The van der Waals surface area contributed by atoms with Gasteiger partial charge in [0.05, 0.1) is 6.42 Å². The number of hydrogen-bond acceptors (Lipinski definition) is 4. The van der Waals surface area contributed by atoms with Crippen molar-refractivity contribution >= 4 is 16.8 Å². The number of hydrogen-bond donors (Lipinski definition) is 1. The molecule has 0 bridgehead atoms. The van der Waals surface area contributed by atoms with E-state index in [4.69, 9.17) is 4.42 Å². The average Bonchev–Trinajstić information content (AvgIpc) is 3.53. The van der Waals surface area contributed by atoms with Crippen LogP contribution in [-0.2, 0) is 17.6 Å². The van der Waals surface area contributed by atoms with Crippen LogP contribution in [0.1, 0.15) is 41.7 Å². The minimum absolute atomic E-state index is 0.0372. The first-order valence-electron chi connectivity index (χ1n) is 10.6. The normalized spacial score (nSPS) is 16.3. The van der Waals surface area contributed by atoms with Gasteiger partial charge in [0.25, 0.3) is 0 Å². The first-order chi connectivity index (χ1) is 15.2. The number of carbonyl (C=O) groups excluding carboxylic acids is 1. The molecule has 7 heteroatoms. The zero-order valence-electron chi connectivity index (χ0n) is 17.1. The number of carbonyl (C=O) groups is 1. The topological polar surface area (TPSA) is 75.0 Å². The number of rotatable bonds is 6. The molecule has 1 N–H and O–H groups in total. The van der Waals surface area contributed by atoms with E-state index in [1.165, 1.54) is 6.07 Å². The van der Waals surface area contributed by atoms with Crippen LogP contribution in [0.2, 0.25) is 0 Å².